The Morgan fingerprint density at radius 2 is 1.85 bits per heavy atom. The summed E-state index contributed by atoms with van der Waals surface area (Å²) in [5.41, 5.74) is 6.60. The molecule has 2 amide bonds. The number of nitro groups is 1. The molecule has 1 aromatic rings. The van der Waals surface area contributed by atoms with Crippen molar-refractivity contribution in [3.05, 3.63) is 46.0 Å². The van der Waals surface area contributed by atoms with Crippen molar-refractivity contribution in [2.45, 2.75) is 37.4 Å². The Bertz CT molecular complexity index is 668. The van der Waals surface area contributed by atoms with E-state index in [0.717, 1.165) is 0 Å². The minimum absolute atomic E-state index is 0.0831. The lowest BCUT2D eigenvalue weighted by molar-refractivity contribution is -0.528. The molecule has 2 aliphatic rings. The maximum absolute atomic E-state index is 12.4. The monoisotopic (exact) mass is 361 g/mol. The van der Waals surface area contributed by atoms with Crippen molar-refractivity contribution in [1.82, 2.24) is 21.5 Å². The molecule has 3 rings (SSSR count). The molecule has 0 spiro atoms. The third-order valence-corrected chi connectivity index (χ3v) is 5.05. The van der Waals surface area contributed by atoms with E-state index in [1.807, 2.05) is 6.07 Å². The lowest BCUT2D eigenvalue weighted by Crippen LogP contribution is -2.48. The summed E-state index contributed by atoms with van der Waals surface area (Å²) in [6.07, 6.45) is 1.60. The lowest BCUT2D eigenvalue weighted by atomic mass is 9.79. The second kappa shape index (κ2) is 8.24. The van der Waals surface area contributed by atoms with Crippen molar-refractivity contribution in [2.75, 3.05) is 13.1 Å². The van der Waals surface area contributed by atoms with Crippen LogP contribution in [0.5, 0.6) is 0 Å². The van der Waals surface area contributed by atoms with Crippen molar-refractivity contribution >= 4 is 11.8 Å². The van der Waals surface area contributed by atoms with E-state index in [-0.39, 0.29) is 28.7 Å². The van der Waals surface area contributed by atoms with E-state index < -0.39 is 12.1 Å². The zero-order chi connectivity index (χ0) is 18.5. The van der Waals surface area contributed by atoms with Crippen molar-refractivity contribution in [1.29, 1.82) is 0 Å². The standard InChI is InChI=1S/C17H23N5O4/c23-16(11-4-2-1-3-5-11)18-8-9-19-17(24)15-13-10-12(22(25)26)6-7-14(13)20-21-15/h1-5,12-15,20-21H,6-10H2,(H,18,23)(H,19,24). The molecule has 2 fully saturated rings. The van der Waals surface area contributed by atoms with Gasteiger partial charge in [-0.2, -0.15) is 0 Å². The summed E-state index contributed by atoms with van der Waals surface area (Å²) in [6.45, 7) is 0.608. The minimum atomic E-state index is -0.585. The molecule has 9 heteroatoms. The molecule has 1 heterocycles. The Labute approximate surface area is 151 Å². The Morgan fingerprint density at radius 3 is 2.58 bits per heavy atom. The molecule has 1 aliphatic heterocycles. The van der Waals surface area contributed by atoms with E-state index in [2.05, 4.69) is 21.5 Å². The number of nitrogens with zero attached hydrogens (tertiary/aromatic N) is 1. The highest BCUT2D eigenvalue weighted by molar-refractivity contribution is 5.94. The van der Waals surface area contributed by atoms with Gasteiger partial charge >= 0.3 is 0 Å². The van der Waals surface area contributed by atoms with Gasteiger partial charge in [0.25, 0.3) is 5.91 Å². The number of hydrazine groups is 1. The van der Waals surface area contributed by atoms with Crippen molar-refractivity contribution in [3.63, 3.8) is 0 Å². The highest BCUT2D eigenvalue weighted by Crippen LogP contribution is 2.31. The predicted octanol–water partition coefficient (Wildman–Crippen LogP) is -0.177. The van der Waals surface area contributed by atoms with Crippen LogP contribution in [0.1, 0.15) is 29.6 Å². The van der Waals surface area contributed by atoms with Gasteiger partial charge in [0, 0.05) is 48.4 Å². The second-order valence-corrected chi connectivity index (χ2v) is 6.70. The Morgan fingerprint density at radius 1 is 1.12 bits per heavy atom. The first-order valence-electron chi connectivity index (χ1n) is 8.82. The van der Waals surface area contributed by atoms with Crippen molar-refractivity contribution in [2.24, 2.45) is 5.92 Å². The number of fused-ring (bicyclic) bond motifs is 1. The molecule has 0 radical (unpaired) electrons. The molecule has 4 N–H and O–H groups in total. The summed E-state index contributed by atoms with van der Waals surface area (Å²) in [5, 5.41) is 16.6. The molecule has 1 saturated heterocycles. The zero-order valence-corrected chi connectivity index (χ0v) is 14.3. The number of carbonyl (C=O) groups is 2. The van der Waals surface area contributed by atoms with Crippen LogP contribution in [0.25, 0.3) is 0 Å². The van der Waals surface area contributed by atoms with Crippen molar-refractivity contribution < 1.29 is 14.5 Å². The number of amides is 2. The largest absolute Gasteiger partial charge is 0.353 e. The summed E-state index contributed by atoms with van der Waals surface area (Å²) in [7, 11) is 0. The second-order valence-electron chi connectivity index (χ2n) is 6.70. The molecule has 1 saturated carbocycles. The van der Waals surface area contributed by atoms with Gasteiger partial charge in [0.2, 0.25) is 11.9 Å². The van der Waals surface area contributed by atoms with Crippen molar-refractivity contribution in [3.8, 4) is 0 Å². The number of nitrogens with one attached hydrogen (secondary N) is 4. The van der Waals surface area contributed by atoms with Crippen LogP contribution in [0, 0.1) is 16.0 Å². The predicted molar refractivity (Wildman–Crippen MR) is 93.8 cm³/mol. The quantitative estimate of drug-likeness (QED) is 0.316. The molecule has 0 bridgehead atoms. The average molecular weight is 361 g/mol. The normalized spacial score (nSPS) is 27.4. The maximum atomic E-state index is 12.4. The number of carbonyl (C=O) groups excluding carboxylic acids is 2. The van der Waals surface area contributed by atoms with Gasteiger partial charge in [-0.3, -0.25) is 25.1 Å². The van der Waals surface area contributed by atoms with Gasteiger partial charge in [-0.25, -0.2) is 5.43 Å². The summed E-state index contributed by atoms with van der Waals surface area (Å²) >= 11 is 0. The smallest absolute Gasteiger partial charge is 0.251 e. The Kier molecular flexibility index (Phi) is 5.79. The molecule has 1 aromatic carbocycles. The summed E-state index contributed by atoms with van der Waals surface area (Å²) in [5.74, 6) is -0.498. The van der Waals surface area contributed by atoms with E-state index in [0.29, 0.717) is 37.9 Å². The molecule has 140 valence electrons. The lowest BCUT2D eigenvalue weighted by Gasteiger charge is -2.28. The fourth-order valence-corrected chi connectivity index (χ4v) is 3.65. The van der Waals surface area contributed by atoms with E-state index in [4.69, 9.17) is 0 Å². The molecule has 26 heavy (non-hydrogen) atoms. The number of hydrogen-bond acceptors (Lipinski definition) is 6. The van der Waals surface area contributed by atoms with Gasteiger partial charge in [-0.05, 0) is 18.6 Å². The summed E-state index contributed by atoms with van der Waals surface area (Å²) in [6, 6.07) is 7.85. The fraction of sp³-hybridized carbons (Fsp3) is 0.529. The van der Waals surface area contributed by atoms with Crippen LogP contribution >= 0.6 is 0 Å². The van der Waals surface area contributed by atoms with Gasteiger partial charge in [-0.1, -0.05) is 18.2 Å². The van der Waals surface area contributed by atoms with Crippen LogP contribution in [0.15, 0.2) is 30.3 Å². The van der Waals surface area contributed by atoms with Crippen LogP contribution in [-0.2, 0) is 4.79 Å². The average Bonchev–Trinajstić information content (AvgIpc) is 3.08. The van der Waals surface area contributed by atoms with Gasteiger partial charge in [-0.15, -0.1) is 0 Å². The van der Waals surface area contributed by atoms with Crippen LogP contribution in [0.2, 0.25) is 0 Å². The molecule has 4 atom stereocenters. The van der Waals surface area contributed by atoms with E-state index >= 15 is 0 Å². The van der Waals surface area contributed by atoms with Gasteiger partial charge in [0.15, 0.2) is 0 Å². The third-order valence-electron chi connectivity index (χ3n) is 5.05. The third kappa shape index (κ3) is 4.17. The molecule has 0 aromatic heterocycles. The highest BCUT2D eigenvalue weighted by Gasteiger charge is 2.46. The number of hydrogen-bond donors (Lipinski definition) is 4. The molecular formula is C17H23N5O4. The molecule has 4 unspecified atom stereocenters. The molecular weight excluding hydrogens is 338 g/mol. The Balaban J connectivity index is 1.43. The summed E-state index contributed by atoms with van der Waals surface area (Å²) in [4.78, 5) is 35.1. The summed E-state index contributed by atoms with van der Waals surface area (Å²) < 4.78 is 0. The highest BCUT2D eigenvalue weighted by atomic mass is 16.6. The van der Waals surface area contributed by atoms with Crippen LogP contribution in [0.4, 0.5) is 0 Å². The molecule has 9 nitrogen and oxygen atoms in total. The fourth-order valence-electron chi connectivity index (χ4n) is 3.65. The zero-order valence-electron chi connectivity index (χ0n) is 14.3. The minimum Gasteiger partial charge on any atom is -0.353 e. The van der Waals surface area contributed by atoms with Gasteiger partial charge in [0.1, 0.15) is 6.04 Å². The van der Waals surface area contributed by atoms with E-state index in [9.17, 15) is 19.7 Å². The topological polar surface area (TPSA) is 125 Å². The number of rotatable bonds is 6. The van der Waals surface area contributed by atoms with Crippen LogP contribution in [-0.4, -0.2) is 48.0 Å². The van der Waals surface area contributed by atoms with Crippen LogP contribution < -0.4 is 21.5 Å². The molecule has 1 aliphatic carbocycles. The first-order chi connectivity index (χ1) is 12.6. The first-order valence-corrected chi connectivity index (χ1v) is 8.82. The van der Waals surface area contributed by atoms with Gasteiger partial charge in [0.05, 0.1) is 0 Å². The maximum Gasteiger partial charge on any atom is 0.251 e. The van der Waals surface area contributed by atoms with Crippen LogP contribution in [0.3, 0.4) is 0 Å². The van der Waals surface area contributed by atoms with E-state index in [1.165, 1.54) is 0 Å². The van der Waals surface area contributed by atoms with E-state index in [1.54, 1.807) is 24.3 Å². The first kappa shape index (κ1) is 18.3. The SMILES string of the molecule is O=C(NCCNC(=O)C1NNC2CCC([N+](=O)[O-])CC21)c1ccccc1. The number of benzene rings is 1. The van der Waals surface area contributed by atoms with Gasteiger partial charge < -0.3 is 10.6 Å². The Hall–Kier alpha value is -2.52.